The molecule has 0 aliphatic heterocycles. The van der Waals surface area contributed by atoms with Gasteiger partial charge < -0.3 is 10.5 Å². The molecule has 0 atom stereocenters. The Morgan fingerprint density at radius 2 is 2.27 bits per heavy atom. The summed E-state index contributed by atoms with van der Waals surface area (Å²) in [4.78, 5) is 0. The highest BCUT2D eigenvalue weighted by molar-refractivity contribution is 5.71. The molecule has 2 heteroatoms. The van der Waals surface area contributed by atoms with E-state index in [9.17, 15) is 0 Å². The van der Waals surface area contributed by atoms with Crippen LogP contribution in [-0.2, 0) is 6.42 Å². The van der Waals surface area contributed by atoms with E-state index in [-0.39, 0.29) is 0 Å². The number of hydrogen-bond donors (Lipinski definition) is 1. The van der Waals surface area contributed by atoms with Gasteiger partial charge in [-0.1, -0.05) is 12.1 Å². The summed E-state index contributed by atoms with van der Waals surface area (Å²) in [7, 11) is 1.72. The monoisotopic (exact) mass is 204 g/mol. The average molecular weight is 204 g/mol. The first kappa shape index (κ1) is 10.2. The molecule has 0 saturated carbocycles. The van der Waals surface area contributed by atoms with Crippen molar-refractivity contribution in [2.24, 2.45) is 0 Å². The van der Waals surface area contributed by atoms with Crippen LogP contribution in [0.4, 0.5) is 0 Å². The molecular weight excluding hydrogens is 186 g/mol. The lowest BCUT2D eigenvalue weighted by Crippen LogP contribution is -2.50. The third kappa shape index (κ3) is 2.05. The van der Waals surface area contributed by atoms with Crippen molar-refractivity contribution >= 4 is 5.57 Å². The summed E-state index contributed by atoms with van der Waals surface area (Å²) >= 11 is 0. The molecule has 0 radical (unpaired) electrons. The molecule has 0 fully saturated rings. The minimum atomic E-state index is 0.950. The second-order valence-corrected chi connectivity index (χ2v) is 3.89. The molecule has 2 rings (SSSR count). The van der Waals surface area contributed by atoms with Crippen molar-refractivity contribution in [3.05, 3.63) is 35.4 Å². The summed E-state index contributed by atoms with van der Waals surface area (Å²) in [5, 5.41) is 0. The first-order valence-corrected chi connectivity index (χ1v) is 5.50. The van der Waals surface area contributed by atoms with Crippen LogP contribution in [0.5, 0.6) is 5.75 Å². The zero-order valence-electron chi connectivity index (χ0n) is 9.25. The molecule has 0 spiro atoms. The maximum absolute atomic E-state index is 5.26. The minimum absolute atomic E-state index is 0.950. The zero-order chi connectivity index (χ0) is 10.7. The zero-order valence-corrected chi connectivity index (χ0v) is 9.25. The Morgan fingerprint density at radius 3 is 3.00 bits per heavy atom. The molecule has 2 nitrogen and oxygen atoms in total. The molecule has 1 aliphatic carbocycles. The van der Waals surface area contributed by atoms with Crippen molar-refractivity contribution in [1.29, 1.82) is 0 Å². The number of aryl methyl sites for hydroxylation is 1. The predicted molar refractivity (Wildman–Crippen MR) is 61.7 cm³/mol. The standard InChI is InChI=1S/C13H17NO/c1-15-12-6-5-10-3-2-4-11(7-8-14)13(10)9-12/h4-6,9H,2-3,7-8,14H2,1H3/p+1. The summed E-state index contributed by atoms with van der Waals surface area (Å²) < 4.78 is 5.26. The van der Waals surface area contributed by atoms with Crippen LogP contribution in [0.3, 0.4) is 0 Å². The van der Waals surface area contributed by atoms with E-state index in [1.165, 1.54) is 16.7 Å². The quantitative estimate of drug-likeness (QED) is 0.798. The lowest BCUT2D eigenvalue weighted by atomic mass is 9.89. The van der Waals surface area contributed by atoms with Crippen LogP contribution in [0.25, 0.3) is 5.57 Å². The van der Waals surface area contributed by atoms with Gasteiger partial charge in [-0.05, 0) is 41.7 Å². The average Bonchev–Trinajstić information content (AvgIpc) is 2.29. The molecule has 1 aromatic carbocycles. The number of benzene rings is 1. The van der Waals surface area contributed by atoms with Crippen molar-refractivity contribution < 1.29 is 10.5 Å². The number of quaternary nitrogens is 1. The highest BCUT2D eigenvalue weighted by Crippen LogP contribution is 2.31. The number of methoxy groups -OCH3 is 1. The molecule has 80 valence electrons. The topological polar surface area (TPSA) is 36.9 Å². The van der Waals surface area contributed by atoms with Gasteiger partial charge in [0.1, 0.15) is 5.75 Å². The lowest BCUT2D eigenvalue weighted by molar-refractivity contribution is -0.365. The molecule has 0 aromatic heterocycles. The van der Waals surface area contributed by atoms with E-state index in [4.69, 9.17) is 4.74 Å². The largest absolute Gasteiger partial charge is 0.497 e. The first-order valence-electron chi connectivity index (χ1n) is 5.50. The lowest BCUT2D eigenvalue weighted by Gasteiger charge is -2.17. The van der Waals surface area contributed by atoms with E-state index in [0.29, 0.717) is 0 Å². The predicted octanol–water partition coefficient (Wildman–Crippen LogP) is 1.66. The molecule has 0 unspecified atom stereocenters. The van der Waals surface area contributed by atoms with E-state index in [1.807, 2.05) is 6.07 Å². The highest BCUT2D eigenvalue weighted by Gasteiger charge is 2.13. The highest BCUT2D eigenvalue weighted by atomic mass is 16.5. The van der Waals surface area contributed by atoms with Gasteiger partial charge in [0.25, 0.3) is 0 Å². The Kier molecular flexibility index (Phi) is 3.07. The van der Waals surface area contributed by atoms with Crippen molar-refractivity contribution in [3.8, 4) is 5.75 Å². The molecule has 1 aliphatic rings. The van der Waals surface area contributed by atoms with Crippen molar-refractivity contribution in [3.63, 3.8) is 0 Å². The summed E-state index contributed by atoms with van der Waals surface area (Å²) in [5.41, 5.74) is 8.17. The van der Waals surface area contributed by atoms with Crippen molar-refractivity contribution in [2.75, 3.05) is 13.7 Å². The van der Waals surface area contributed by atoms with Gasteiger partial charge in [-0.25, -0.2) is 0 Å². The Bertz CT molecular complexity index is 382. The second kappa shape index (κ2) is 4.49. The summed E-state index contributed by atoms with van der Waals surface area (Å²) in [6, 6.07) is 6.38. The first-order chi connectivity index (χ1) is 7.35. The van der Waals surface area contributed by atoms with E-state index < -0.39 is 0 Å². The fourth-order valence-electron chi connectivity index (χ4n) is 2.14. The van der Waals surface area contributed by atoms with Crippen LogP contribution in [-0.4, -0.2) is 13.7 Å². The number of fused-ring (bicyclic) bond motifs is 1. The Morgan fingerprint density at radius 1 is 1.40 bits per heavy atom. The van der Waals surface area contributed by atoms with Gasteiger partial charge in [0.2, 0.25) is 0 Å². The molecule has 1 aromatic rings. The molecule has 3 N–H and O–H groups in total. The smallest absolute Gasteiger partial charge is 0.119 e. The maximum atomic E-state index is 5.26. The summed E-state index contributed by atoms with van der Waals surface area (Å²) in [6.45, 7) is 0.961. The van der Waals surface area contributed by atoms with Gasteiger partial charge >= 0.3 is 0 Å². The van der Waals surface area contributed by atoms with Crippen molar-refractivity contribution in [2.45, 2.75) is 19.3 Å². The molecular formula is C13H18NO+. The summed E-state index contributed by atoms with van der Waals surface area (Å²) in [6.07, 6.45) is 5.72. The van der Waals surface area contributed by atoms with E-state index in [0.717, 1.165) is 31.6 Å². The third-order valence-corrected chi connectivity index (χ3v) is 2.91. The number of ether oxygens (including phenoxy) is 1. The summed E-state index contributed by atoms with van der Waals surface area (Å²) in [5.74, 6) is 0.950. The minimum Gasteiger partial charge on any atom is -0.497 e. The Hall–Kier alpha value is -1.28. The van der Waals surface area contributed by atoms with Crippen LogP contribution < -0.4 is 10.5 Å². The third-order valence-electron chi connectivity index (χ3n) is 2.91. The van der Waals surface area contributed by atoms with Crippen LogP contribution in [0, 0.1) is 0 Å². The van der Waals surface area contributed by atoms with Gasteiger partial charge in [-0.2, -0.15) is 0 Å². The van der Waals surface area contributed by atoms with Crippen LogP contribution in [0.15, 0.2) is 24.3 Å². The molecule has 15 heavy (non-hydrogen) atoms. The fraction of sp³-hybridized carbons (Fsp3) is 0.385. The molecule has 0 saturated heterocycles. The molecule has 0 bridgehead atoms. The second-order valence-electron chi connectivity index (χ2n) is 3.89. The maximum Gasteiger partial charge on any atom is 0.119 e. The Balaban J connectivity index is 2.38. The number of hydrogen-bond acceptors (Lipinski definition) is 1. The molecule has 0 amide bonds. The number of rotatable bonds is 3. The van der Waals surface area contributed by atoms with Crippen LogP contribution in [0.1, 0.15) is 24.0 Å². The van der Waals surface area contributed by atoms with Crippen LogP contribution >= 0.6 is 0 Å². The van der Waals surface area contributed by atoms with Gasteiger partial charge in [-0.15, -0.1) is 0 Å². The van der Waals surface area contributed by atoms with Gasteiger partial charge in [0, 0.05) is 6.42 Å². The Labute approximate surface area is 90.7 Å². The fourth-order valence-corrected chi connectivity index (χ4v) is 2.14. The number of allylic oxidation sites excluding steroid dienone is 1. The van der Waals surface area contributed by atoms with Gasteiger partial charge in [0.05, 0.1) is 13.7 Å². The van der Waals surface area contributed by atoms with Crippen molar-refractivity contribution in [1.82, 2.24) is 0 Å². The van der Waals surface area contributed by atoms with E-state index in [1.54, 1.807) is 7.11 Å². The molecule has 0 heterocycles. The van der Waals surface area contributed by atoms with Crippen LogP contribution in [0.2, 0.25) is 0 Å². The van der Waals surface area contributed by atoms with Gasteiger partial charge in [-0.3, -0.25) is 0 Å². The van der Waals surface area contributed by atoms with E-state index in [2.05, 4.69) is 23.9 Å². The van der Waals surface area contributed by atoms with Gasteiger partial charge in [0.15, 0.2) is 0 Å². The normalized spacial score (nSPS) is 14.4. The van der Waals surface area contributed by atoms with E-state index >= 15 is 0 Å². The SMILES string of the molecule is COc1ccc2c(c1)C(CC[NH3+])=CCC2.